The number of rotatable bonds is 6. The van der Waals surface area contributed by atoms with Gasteiger partial charge in [0.25, 0.3) is 0 Å². The highest BCUT2D eigenvalue weighted by atomic mass is 19.1. The van der Waals surface area contributed by atoms with Crippen molar-refractivity contribution < 1.29 is 14.8 Å². The lowest BCUT2D eigenvalue weighted by molar-refractivity contribution is -0.701. The normalized spacial score (nSPS) is 12.3. The zero-order valence-electron chi connectivity index (χ0n) is 11.7. The van der Waals surface area contributed by atoms with Crippen molar-refractivity contribution in [3.05, 3.63) is 65.5 Å². The van der Waals surface area contributed by atoms with Gasteiger partial charge in [-0.25, -0.2) is 4.39 Å². The molecular formula is C17H21FNO+. The minimum Gasteiger partial charge on any atom is -0.508 e. The summed E-state index contributed by atoms with van der Waals surface area (Å²) in [7, 11) is 0. The van der Waals surface area contributed by atoms with E-state index in [1.807, 2.05) is 24.3 Å². The van der Waals surface area contributed by atoms with Crippen molar-refractivity contribution in [1.82, 2.24) is 0 Å². The fourth-order valence-corrected chi connectivity index (χ4v) is 2.13. The monoisotopic (exact) mass is 274 g/mol. The minimum atomic E-state index is -0.186. The predicted molar refractivity (Wildman–Crippen MR) is 77.9 cm³/mol. The Balaban J connectivity index is 1.73. The molecule has 2 rings (SSSR count). The van der Waals surface area contributed by atoms with Gasteiger partial charge in [-0.2, -0.15) is 0 Å². The van der Waals surface area contributed by atoms with Gasteiger partial charge in [0.15, 0.2) is 0 Å². The number of quaternary nitrogens is 1. The number of phenols is 1. The molecule has 1 atom stereocenters. The van der Waals surface area contributed by atoms with Crippen LogP contribution in [0.4, 0.5) is 4.39 Å². The SMILES string of the molecule is C[C@@H](CCc1ccc(O)cc1)[NH2+]Cc1ccc(F)cc1. The van der Waals surface area contributed by atoms with Crippen molar-refractivity contribution in [3.63, 3.8) is 0 Å². The van der Waals surface area contributed by atoms with E-state index in [1.165, 1.54) is 17.7 Å². The largest absolute Gasteiger partial charge is 0.508 e. The Morgan fingerprint density at radius 3 is 2.25 bits per heavy atom. The standard InChI is InChI=1S/C17H20FNO/c1-13(2-3-14-6-10-17(20)11-7-14)19-12-15-4-8-16(18)9-5-15/h4-11,13,19-20H,2-3,12H2,1H3/p+1/t13-/m0/s1. The van der Waals surface area contributed by atoms with Crippen LogP contribution < -0.4 is 5.32 Å². The smallest absolute Gasteiger partial charge is 0.123 e. The molecular weight excluding hydrogens is 253 g/mol. The second-order valence-corrected chi connectivity index (χ2v) is 5.25. The van der Waals surface area contributed by atoms with E-state index >= 15 is 0 Å². The Hall–Kier alpha value is -1.87. The molecule has 2 aromatic carbocycles. The van der Waals surface area contributed by atoms with Gasteiger partial charge in [-0.15, -0.1) is 0 Å². The molecule has 0 aliphatic carbocycles. The quantitative estimate of drug-likeness (QED) is 0.834. The van der Waals surface area contributed by atoms with Gasteiger partial charge in [-0.3, -0.25) is 0 Å². The number of hydrogen-bond donors (Lipinski definition) is 2. The van der Waals surface area contributed by atoms with Gasteiger partial charge in [-0.05, 0) is 43.2 Å². The summed E-state index contributed by atoms with van der Waals surface area (Å²) >= 11 is 0. The first-order valence-electron chi connectivity index (χ1n) is 6.99. The third-order valence-corrected chi connectivity index (χ3v) is 3.49. The van der Waals surface area contributed by atoms with Crippen molar-refractivity contribution in [2.45, 2.75) is 32.4 Å². The number of benzene rings is 2. The Morgan fingerprint density at radius 1 is 1.00 bits per heavy atom. The second-order valence-electron chi connectivity index (χ2n) is 5.25. The van der Waals surface area contributed by atoms with Crippen LogP contribution in [0.1, 0.15) is 24.5 Å². The molecule has 0 spiro atoms. The highest BCUT2D eigenvalue weighted by molar-refractivity contribution is 5.25. The summed E-state index contributed by atoms with van der Waals surface area (Å²) in [5.74, 6) is 0.124. The summed E-state index contributed by atoms with van der Waals surface area (Å²) in [6.45, 7) is 3.07. The van der Waals surface area contributed by atoms with Crippen LogP contribution in [0.5, 0.6) is 5.75 Å². The minimum absolute atomic E-state index is 0.186. The molecule has 20 heavy (non-hydrogen) atoms. The summed E-state index contributed by atoms with van der Waals surface area (Å²) in [6, 6.07) is 14.5. The molecule has 0 unspecified atom stereocenters. The van der Waals surface area contributed by atoms with E-state index in [1.54, 1.807) is 12.1 Å². The van der Waals surface area contributed by atoms with Gasteiger partial charge in [0.05, 0.1) is 6.04 Å². The average Bonchev–Trinajstić information content (AvgIpc) is 2.46. The van der Waals surface area contributed by atoms with Gasteiger partial charge in [0, 0.05) is 12.0 Å². The first kappa shape index (κ1) is 14.5. The first-order chi connectivity index (χ1) is 9.63. The second kappa shape index (κ2) is 7.06. The van der Waals surface area contributed by atoms with E-state index < -0.39 is 0 Å². The van der Waals surface area contributed by atoms with E-state index in [9.17, 15) is 9.50 Å². The molecule has 0 heterocycles. The number of nitrogens with two attached hydrogens (primary N) is 1. The average molecular weight is 274 g/mol. The fourth-order valence-electron chi connectivity index (χ4n) is 2.13. The van der Waals surface area contributed by atoms with Gasteiger partial charge in [-0.1, -0.05) is 24.3 Å². The summed E-state index contributed by atoms with van der Waals surface area (Å²) in [5, 5.41) is 11.5. The first-order valence-corrected chi connectivity index (χ1v) is 6.99. The lowest BCUT2D eigenvalue weighted by Crippen LogP contribution is -2.87. The topological polar surface area (TPSA) is 36.8 Å². The third kappa shape index (κ3) is 4.67. The number of phenolic OH excluding ortho intramolecular Hbond substituents is 1. The van der Waals surface area contributed by atoms with E-state index in [2.05, 4.69) is 12.2 Å². The Labute approximate surface area is 119 Å². The molecule has 0 aromatic heterocycles. The van der Waals surface area contributed by atoms with Crippen LogP contribution in [-0.2, 0) is 13.0 Å². The molecule has 0 fully saturated rings. The Kier molecular flexibility index (Phi) is 5.13. The number of hydrogen-bond acceptors (Lipinski definition) is 1. The van der Waals surface area contributed by atoms with E-state index in [4.69, 9.17) is 0 Å². The van der Waals surface area contributed by atoms with Crippen LogP contribution in [0.25, 0.3) is 0 Å². The zero-order valence-corrected chi connectivity index (χ0v) is 11.7. The molecule has 106 valence electrons. The lowest BCUT2D eigenvalue weighted by atomic mass is 10.1. The Morgan fingerprint density at radius 2 is 1.60 bits per heavy atom. The van der Waals surface area contributed by atoms with Crippen molar-refractivity contribution in [3.8, 4) is 5.75 Å². The lowest BCUT2D eigenvalue weighted by Gasteiger charge is -2.11. The molecule has 0 radical (unpaired) electrons. The van der Waals surface area contributed by atoms with Crippen molar-refractivity contribution in [2.75, 3.05) is 0 Å². The van der Waals surface area contributed by atoms with Crippen molar-refractivity contribution >= 4 is 0 Å². The number of aromatic hydroxyl groups is 1. The van der Waals surface area contributed by atoms with Gasteiger partial charge >= 0.3 is 0 Å². The van der Waals surface area contributed by atoms with E-state index in [0.717, 1.165) is 24.9 Å². The van der Waals surface area contributed by atoms with Gasteiger partial charge < -0.3 is 10.4 Å². The zero-order chi connectivity index (χ0) is 14.4. The maximum atomic E-state index is 12.8. The van der Waals surface area contributed by atoms with Crippen LogP contribution in [0, 0.1) is 5.82 Å². The van der Waals surface area contributed by atoms with Gasteiger partial charge in [0.1, 0.15) is 18.1 Å². The summed E-state index contributed by atoms with van der Waals surface area (Å²) in [6.07, 6.45) is 2.08. The summed E-state index contributed by atoms with van der Waals surface area (Å²) < 4.78 is 12.8. The molecule has 0 amide bonds. The maximum Gasteiger partial charge on any atom is 0.123 e. The summed E-state index contributed by atoms with van der Waals surface area (Å²) in [4.78, 5) is 0. The summed E-state index contributed by atoms with van der Waals surface area (Å²) in [5.41, 5.74) is 2.38. The number of halogens is 1. The van der Waals surface area contributed by atoms with Crippen molar-refractivity contribution in [1.29, 1.82) is 0 Å². The van der Waals surface area contributed by atoms with E-state index in [0.29, 0.717) is 11.8 Å². The van der Waals surface area contributed by atoms with Crippen LogP contribution in [0.15, 0.2) is 48.5 Å². The van der Waals surface area contributed by atoms with E-state index in [-0.39, 0.29) is 5.82 Å². The molecule has 0 aliphatic heterocycles. The molecule has 3 N–H and O–H groups in total. The predicted octanol–water partition coefficient (Wildman–Crippen LogP) is 2.62. The van der Waals surface area contributed by atoms with Crippen molar-refractivity contribution in [2.24, 2.45) is 0 Å². The molecule has 0 aliphatic rings. The van der Waals surface area contributed by atoms with Crippen LogP contribution >= 0.6 is 0 Å². The fraction of sp³-hybridized carbons (Fsp3) is 0.294. The molecule has 0 bridgehead atoms. The molecule has 0 saturated carbocycles. The highest BCUT2D eigenvalue weighted by Gasteiger charge is 2.06. The third-order valence-electron chi connectivity index (χ3n) is 3.49. The molecule has 3 heteroatoms. The van der Waals surface area contributed by atoms with Crippen LogP contribution in [0.3, 0.4) is 0 Å². The molecule has 0 saturated heterocycles. The van der Waals surface area contributed by atoms with Crippen LogP contribution in [0.2, 0.25) is 0 Å². The van der Waals surface area contributed by atoms with Gasteiger partial charge in [0.2, 0.25) is 0 Å². The maximum absolute atomic E-state index is 12.8. The Bertz CT molecular complexity index is 472. The van der Waals surface area contributed by atoms with Crippen LogP contribution in [-0.4, -0.2) is 11.1 Å². The highest BCUT2D eigenvalue weighted by Crippen LogP contribution is 2.11. The molecule has 2 aromatic rings. The number of aryl methyl sites for hydroxylation is 1. The molecule has 2 nitrogen and oxygen atoms in total.